The Hall–Kier alpha value is -2.58. The molecule has 1 N–H and O–H groups in total. The number of rotatable bonds is 7. The number of fused-ring (bicyclic) bond motifs is 1. The molecule has 8 heteroatoms. The molecule has 2 aromatic rings. The van der Waals surface area contributed by atoms with Crippen LogP contribution in [0.1, 0.15) is 46.7 Å². The molecule has 1 atom stereocenters. The summed E-state index contributed by atoms with van der Waals surface area (Å²) in [5.41, 5.74) is 1.54. The Morgan fingerprint density at radius 3 is 2.32 bits per heavy atom. The molecule has 0 saturated carbocycles. The van der Waals surface area contributed by atoms with Crippen LogP contribution in [-0.4, -0.2) is 52.6 Å². The van der Waals surface area contributed by atoms with Gasteiger partial charge in [-0.2, -0.15) is 0 Å². The average Bonchev–Trinajstić information content (AvgIpc) is 3.15. The van der Waals surface area contributed by atoms with Crippen molar-refractivity contribution in [1.29, 1.82) is 0 Å². The van der Waals surface area contributed by atoms with E-state index in [4.69, 9.17) is 0 Å². The lowest BCUT2D eigenvalue weighted by Gasteiger charge is -2.26. The number of carbonyl (C=O) groups excluding carboxylic acids is 3. The first-order valence-corrected chi connectivity index (χ1v) is 10.0. The smallest absolute Gasteiger partial charge is 0.262 e. The fourth-order valence-corrected chi connectivity index (χ4v) is 3.92. The summed E-state index contributed by atoms with van der Waals surface area (Å²) in [6.45, 7) is 4.58. The van der Waals surface area contributed by atoms with Crippen LogP contribution in [0, 0.1) is 5.92 Å². The van der Waals surface area contributed by atoms with Crippen molar-refractivity contribution in [2.75, 3.05) is 19.4 Å². The topological polar surface area (TPSA) is 82.6 Å². The summed E-state index contributed by atoms with van der Waals surface area (Å²) in [5, 5.41) is 5.14. The van der Waals surface area contributed by atoms with E-state index < -0.39 is 23.8 Å². The van der Waals surface area contributed by atoms with Crippen LogP contribution in [0.5, 0.6) is 0 Å². The van der Waals surface area contributed by atoms with Gasteiger partial charge in [0.15, 0.2) is 5.13 Å². The molecular weight excluding hydrogens is 376 g/mol. The maximum absolute atomic E-state index is 13.0. The number of nitrogens with zero attached hydrogens (tertiary/aromatic N) is 3. The summed E-state index contributed by atoms with van der Waals surface area (Å²) < 4.78 is 0. The second-order valence-electron chi connectivity index (χ2n) is 7.54. The quantitative estimate of drug-likeness (QED) is 0.723. The minimum absolute atomic E-state index is 0.126. The Morgan fingerprint density at radius 1 is 1.18 bits per heavy atom. The molecule has 1 aliphatic heterocycles. The zero-order valence-corrected chi connectivity index (χ0v) is 17.2. The molecule has 0 fully saturated rings. The Labute approximate surface area is 168 Å². The van der Waals surface area contributed by atoms with Gasteiger partial charge in [-0.3, -0.25) is 19.3 Å². The summed E-state index contributed by atoms with van der Waals surface area (Å²) in [7, 11) is 3.89. The van der Waals surface area contributed by atoms with E-state index in [1.54, 1.807) is 24.3 Å². The van der Waals surface area contributed by atoms with Crippen LogP contribution in [0.3, 0.4) is 0 Å². The zero-order chi connectivity index (χ0) is 20.4. The molecule has 3 amide bonds. The van der Waals surface area contributed by atoms with E-state index >= 15 is 0 Å². The fourth-order valence-electron chi connectivity index (χ4n) is 3.22. The predicted molar refractivity (Wildman–Crippen MR) is 108 cm³/mol. The molecule has 28 heavy (non-hydrogen) atoms. The third-order valence-corrected chi connectivity index (χ3v) is 5.20. The van der Waals surface area contributed by atoms with Gasteiger partial charge in [-0.15, -0.1) is 11.3 Å². The summed E-state index contributed by atoms with van der Waals surface area (Å²) in [4.78, 5) is 46.1. The van der Waals surface area contributed by atoms with E-state index in [2.05, 4.69) is 10.3 Å². The van der Waals surface area contributed by atoms with Crippen LogP contribution in [0.2, 0.25) is 0 Å². The molecule has 0 radical (unpaired) electrons. The monoisotopic (exact) mass is 400 g/mol. The molecule has 0 spiro atoms. The van der Waals surface area contributed by atoms with Gasteiger partial charge in [-0.25, -0.2) is 4.98 Å². The minimum atomic E-state index is -0.881. The number of aromatic nitrogens is 1. The maximum Gasteiger partial charge on any atom is 0.262 e. The first-order valence-electron chi connectivity index (χ1n) is 9.14. The van der Waals surface area contributed by atoms with Crippen LogP contribution in [-0.2, 0) is 11.3 Å². The van der Waals surface area contributed by atoms with Crippen molar-refractivity contribution in [3.05, 3.63) is 46.5 Å². The number of anilines is 1. The highest BCUT2D eigenvalue weighted by Crippen LogP contribution is 2.28. The van der Waals surface area contributed by atoms with E-state index in [9.17, 15) is 14.4 Å². The number of thiazole rings is 1. The van der Waals surface area contributed by atoms with Crippen molar-refractivity contribution < 1.29 is 14.4 Å². The van der Waals surface area contributed by atoms with E-state index in [0.29, 0.717) is 29.2 Å². The number of imide groups is 1. The molecule has 148 valence electrons. The van der Waals surface area contributed by atoms with Gasteiger partial charge in [0.1, 0.15) is 6.04 Å². The number of benzene rings is 1. The number of nitrogens with one attached hydrogen (secondary N) is 1. The second kappa shape index (κ2) is 8.20. The van der Waals surface area contributed by atoms with Crippen LogP contribution < -0.4 is 5.32 Å². The predicted octanol–water partition coefficient (Wildman–Crippen LogP) is 2.85. The van der Waals surface area contributed by atoms with Crippen LogP contribution in [0.15, 0.2) is 29.6 Å². The van der Waals surface area contributed by atoms with Gasteiger partial charge >= 0.3 is 0 Å². The van der Waals surface area contributed by atoms with E-state index in [1.165, 1.54) is 11.3 Å². The molecule has 1 aromatic heterocycles. The number of hydrogen-bond donors (Lipinski definition) is 1. The summed E-state index contributed by atoms with van der Waals surface area (Å²) >= 11 is 1.33. The molecule has 2 heterocycles. The van der Waals surface area contributed by atoms with Gasteiger partial charge in [0.2, 0.25) is 5.91 Å². The lowest BCUT2D eigenvalue weighted by molar-refractivity contribution is -0.120. The maximum atomic E-state index is 13.0. The number of hydrogen-bond acceptors (Lipinski definition) is 6. The highest BCUT2D eigenvalue weighted by atomic mass is 32.1. The summed E-state index contributed by atoms with van der Waals surface area (Å²) in [5.74, 6) is -1.11. The molecule has 0 saturated heterocycles. The molecule has 7 nitrogen and oxygen atoms in total. The first kappa shape index (κ1) is 20.2. The van der Waals surface area contributed by atoms with Crippen molar-refractivity contribution in [2.24, 2.45) is 5.92 Å². The Balaban J connectivity index is 1.82. The number of carbonyl (C=O) groups is 3. The van der Waals surface area contributed by atoms with Gasteiger partial charge < -0.3 is 10.2 Å². The average molecular weight is 401 g/mol. The third-order valence-electron chi connectivity index (χ3n) is 4.39. The third kappa shape index (κ3) is 4.13. The van der Waals surface area contributed by atoms with Crippen LogP contribution >= 0.6 is 11.3 Å². The lowest BCUT2D eigenvalue weighted by Crippen LogP contribution is -2.47. The van der Waals surface area contributed by atoms with Crippen molar-refractivity contribution >= 4 is 34.2 Å². The molecule has 3 rings (SSSR count). The van der Waals surface area contributed by atoms with Crippen molar-refractivity contribution in [3.8, 4) is 0 Å². The summed E-state index contributed by atoms with van der Waals surface area (Å²) in [6, 6.07) is 5.79. The minimum Gasteiger partial charge on any atom is -0.304 e. The van der Waals surface area contributed by atoms with Gasteiger partial charge in [0.05, 0.1) is 16.8 Å². The normalized spacial score (nSPS) is 14.7. The standard InChI is InChI=1S/C20H24N4O3S/c1-12(2)9-16(17(25)22-20-21-13(11-28-20)10-23(3)4)24-18(26)14-7-5-6-8-15(14)19(24)27/h5-8,11-12,16H,9-10H2,1-4H3,(H,21,22,25). The largest absolute Gasteiger partial charge is 0.304 e. The molecule has 1 unspecified atom stereocenters. The van der Waals surface area contributed by atoms with Crippen molar-refractivity contribution in [2.45, 2.75) is 32.9 Å². The van der Waals surface area contributed by atoms with Gasteiger partial charge in [0, 0.05) is 11.9 Å². The molecule has 0 bridgehead atoms. The van der Waals surface area contributed by atoms with Gasteiger partial charge in [-0.1, -0.05) is 26.0 Å². The number of amides is 3. The van der Waals surface area contributed by atoms with E-state index in [-0.39, 0.29) is 5.92 Å². The fraction of sp³-hybridized carbons (Fsp3) is 0.400. The van der Waals surface area contributed by atoms with E-state index in [1.807, 2.05) is 38.2 Å². The molecule has 1 aliphatic rings. The van der Waals surface area contributed by atoms with Gasteiger partial charge in [-0.05, 0) is 38.6 Å². The summed E-state index contributed by atoms with van der Waals surface area (Å²) in [6.07, 6.45) is 0.382. The Bertz CT molecular complexity index is 871. The molecular formula is C20H24N4O3S. The lowest BCUT2D eigenvalue weighted by atomic mass is 10.0. The van der Waals surface area contributed by atoms with E-state index in [0.717, 1.165) is 10.6 Å². The molecule has 1 aromatic carbocycles. The van der Waals surface area contributed by atoms with Gasteiger partial charge in [0.25, 0.3) is 11.8 Å². The SMILES string of the molecule is CC(C)CC(C(=O)Nc1nc(CN(C)C)cs1)N1C(=O)c2ccccc2C1=O. The van der Waals surface area contributed by atoms with Crippen molar-refractivity contribution in [1.82, 2.24) is 14.8 Å². The van der Waals surface area contributed by atoms with Crippen LogP contribution in [0.25, 0.3) is 0 Å². The Kier molecular flexibility index (Phi) is 5.90. The first-order chi connectivity index (χ1) is 13.3. The van der Waals surface area contributed by atoms with Crippen LogP contribution in [0.4, 0.5) is 5.13 Å². The molecule has 0 aliphatic carbocycles. The van der Waals surface area contributed by atoms with Crippen molar-refractivity contribution in [3.63, 3.8) is 0 Å². The zero-order valence-electron chi connectivity index (χ0n) is 16.4. The highest BCUT2D eigenvalue weighted by Gasteiger charge is 2.42. The Morgan fingerprint density at radius 2 is 1.79 bits per heavy atom. The highest BCUT2D eigenvalue weighted by molar-refractivity contribution is 7.13. The second-order valence-corrected chi connectivity index (χ2v) is 8.40.